The summed E-state index contributed by atoms with van der Waals surface area (Å²) in [5.74, 6) is -1.11. The van der Waals surface area contributed by atoms with Crippen LogP contribution in [0.25, 0.3) is 0 Å². The van der Waals surface area contributed by atoms with Crippen molar-refractivity contribution in [2.24, 2.45) is 0 Å². The summed E-state index contributed by atoms with van der Waals surface area (Å²) in [7, 11) is 0. The highest BCUT2D eigenvalue weighted by atomic mass is 16.6. The monoisotopic (exact) mass is 402 g/mol. The summed E-state index contributed by atoms with van der Waals surface area (Å²) in [4.78, 5) is 36.9. The van der Waals surface area contributed by atoms with Crippen molar-refractivity contribution in [1.82, 2.24) is 19.6 Å². The lowest BCUT2D eigenvalue weighted by Gasteiger charge is -2.34. The fourth-order valence-corrected chi connectivity index (χ4v) is 3.42. The second kappa shape index (κ2) is 8.35. The molecule has 1 fully saturated rings. The van der Waals surface area contributed by atoms with E-state index in [1.807, 2.05) is 12.1 Å². The second-order valence-electron chi connectivity index (χ2n) is 7.01. The first-order valence-electron chi connectivity index (χ1n) is 9.18. The van der Waals surface area contributed by atoms with Gasteiger partial charge in [-0.05, 0) is 29.9 Å². The van der Waals surface area contributed by atoms with Gasteiger partial charge in [0.2, 0.25) is 5.91 Å². The van der Waals surface area contributed by atoms with Crippen LogP contribution in [0.4, 0.5) is 11.5 Å². The molecular formula is C18H22N6O5. The molecule has 0 aliphatic carbocycles. The molecule has 11 heteroatoms. The number of hydrogen-bond donors (Lipinski definition) is 0. The van der Waals surface area contributed by atoms with Gasteiger partial charge in [0.15, 0.2) is 0 Å². The largest absolute Gasteiger partial charge is 0.468 e. The number of carbonyl (C=O) groups excluding carboxylic acids is 1. The first-order chi connectivity index (χ1) is 13.8. The predicted octanol–water partition coefficient (Wildman–Crippen LogP) is 1.66. The zero-order chi connectivity index (χ0) is 21.1. The maximum atomic E-state index is 12.6. The molecule has 29 heavy (non-hydrogen) atoms. The molecule has 1 saturated heterocycles. The minimum atomic E-state index is -0.906. The summed E-state index contributed by atoms with van der Waals surface area (Å²) in [6, 6.07) is 8.17. The number of benzene rings is 1. The Morgan fingerprint density at radius 2 is 1.72 bits per heavy atom. The number of aryl methyl sites for hydroxylation is 1. The molecule has 1 aliphatic heterocycles. The number of piperazine rings is 1. The molecule has 2 aromatic rings. The molecule has 0 radical (unpaired) electrons. The topological polar surface area (TPSA) is 128 Å². The number of rotatable bonds is 6. The molecule has 0 saturated carbocycles. The van der Waals surface area contributed by atoms with E-state index in [0.717, 1.165) is 11.2 Å². The van der Waals surface area contributed by atoms with E-state index in [1.54, 1.807) is 4.90 Å². The van der Waals surface area contributed by atoms with Crippen molar-refractivity contribution in [3.8, 4) is 0 Å². The van der Waals surface area contributed by atoms with Crippen molar-refractivity contribution >= 4 is 17.4 Å². The lowest BCUT2D eigenvalue weighted by atomic mass is 10.1. The van der Waals surface area contributed by atoms with Crippen LogP contribution < -0.4 is 0 Å². The van der Waals surface area contributed by atoms with Gasteiger partial charge in [0.05, 0.1) is 10.0 Å². The van der Waals surface area contributed by atoms with E-state index in [-0.39, 0.29) is 18.1 Å². The second-order valence-corrected chi connectivity index (χ2v) is 7.01. The Morgan fingerprint density at radius 3 is 2.28 bits per heavy atom. The molecule has 3 rings (SSSR count). The molecule has 1 aromatic heterocycles. The minimum Gasteiger partial charge on any atom is -0.358 e. The fraction of sp³-hybridized carbons (Fsp3) is 0.444. The average molecular weight is 402 g/mol. The number of carbonyl (C=O) groups is 1. The number of hydrogen-bond acceptors (Lipinski definition) is 7. The lowest BCUT2D eigenvalue weighted by Crippen LogP contribution is -2.49. The van der Waals surface area contributed by atoms with Gasteiger partial charge in [0.25, 0.3) is 0 Å². The van der Waals surface area contributed by atoms with Crippen molar-refractivity contribution in [2.75, 3.05) is 26.2 Å². The van der Waals surface area contributed by atoms with Crippen LogP contribution in [-0.4, -0.2) is 61.5 Å². The summed E-state index contributed by atoms with van der Waals surface area (Å²) < 4.78 is 1.04. The summed E-state index contributed by atoms with van der Waals surface area (Å²) in [6.07, 6.45) is 0. The minimum absolute atomic E-state index is 0.00626. The molecule has 1 aromatic carbocycles. The van der Waals surface area contributed by atoms with E-state index in [1.165, 1.54) is 18.1 Å². The summed E-state index contributed by atoms with van der Waals surface area (Å²) in [5.41, 5.74) is 1.79. The Kier molecular flexibility index (Phi) is 5.87. The van der Waals surface area contributed by atoms with Gasteiger partial charge in [0.1, 0.15) is 12.2 Å². The number of aromatic nitrogens is 2. The third-order valence-corrected chi connectivity index (χ3v) is 5.18. The summed E-state index contributed by atoms with van der Waals surface area (Å²) >= 11 is 0. The van der Waals surface area contributed by atoms with Crippen LogP contribution in [0.1, 0.15) is 16.8 Å². The van der Waals surface area contributed by atoms with E-state index >= 15 is 0 Å². The summed E-state index contributed by atoms with van der Waals surface area (Å²) in [6.45, 7) is 6.43. The third kappa shape index (κ3) is 4.40. The Balaban J connectivity index is 1.62. The zero-order valence-corrected chi connectivity index (χ0v) is 16.3. The van der Waals surface area contributed by atoms with Gasteiger partial charge in [-0.2, -0.15) is 4.68 Å². The predicted molar refractivity (Wildman–Crippen MR) is 103 cm³/mol. The van der Waals surface area contributed by atoms with E-state index in [0.29, 0.717) is 26.2 Å². The molecule has 1 amide bonds. The standard InChI is InChI=1S/C18H22N6O5/c1-13-5-3-4-6-15(13)11-20-7-9-21(10-8-20)16(25)12-22-14(2)17(23(26)27)18(19-22)24(28)29/h3-6H,7-12H2,1-2H3. The highest BCUT2D eigenvalue weighted by Gasteiger charge is 2.36. The van der Waals surface area contributed by atoms with Gasteiger partial charge in [-0.25, -0.2) is 0 Å². The average Bonchev–Trinajstić information content (AvgIpc) is 3.01. The molecule has 0 bridgehead atoms. The molecule has 11 nitrogen and oxygen atoms in total. The fourth-order valence-electron chi connectivity index (χ4n) is 3.42. The van der Waals surface area contributed by atoms with E-state index in [2.05, 4.69) is 29.1 Å². The van der Waals surface area contributed by atoms with Crippen molar-refractivity contribution in [2.45, 2.75) is 26.9 Å². The van der Waals surface area contributed by atoms with Crippen LogP contribution in [0.5, 0.6) is 0 Å². The van der Waals surface area contributed by atoms with Crippen molar-refractivity contribution < 1.29 is 14.6 Å². The number of amides is 1. The van der Waals surface area contributed by atoms with Gasteiger partial charge in [0, 0.05) is 32.7 Å². The Morgan fingerprint density at radius 1 is 1.07 bits per heavy atom. The highest BCUT2D eigenvalue weighted by molar-refractivity contribution is 5.76. The number of nitro groups is 2. The van der Waals surface area contributed by atoms with Crippen LogP contribution in [0.2, 0.25) is 0 Å². The van der Waals surface area contributed by atoms with Crippen molar-refractivity contribution in [1.29, 1.82) is 0 Å². The van der Waals surface area contributed by atoms with E-state index < -0.39 is 21.4 Å². The van der Waals surface area contributed by atoms with Crippen LogP contribution >= 0.6 is 0 Å². The summed E-state index contributed by atoms with van der Waals surface area (Å²) in [5, 5.41) is 25.8. The van der Waals surface area contributed by atoms with Crippen molar-refractivity contribution in [3.05, 3.63) is 61.3 Å². The quantitative estimate of drug-likeness (QED) is 0.531. The molecular weight excluding hydrogens is 380 g/mol. The van der Waals surface area contributed by atoms with E-state index in [9.17, 15) is 25.0 Å². The maximum absolute atomic E-state index is 12.6. The molecule has 0 unspecified atom stereocenters. The van der Waals surface area contributed by atoms with Crippen LogP contribution in [0.15, 0.2) is 24.3 Å². The zero-order valence-electron chi connectivity index (χ0n) is 16.3. The Labute approximate surface area is 166 Å². The smallest absolute Gasteiger partial charge is 0.358 e. The molecule has 1 aliphatic rings. The van der Waals surface area contributed by atoms with Crippen LogP contribution in [0.3, 0.4) is 0 Å². The molecule has 0 spiro atoms. The SMILES string of the molecule is Cc1ccccc1CN1CCN(C(=O)Cn2nc([N+](=O)[O-])c([N+](=O)[O-])c2C)CC1. The molecule has 2 heterocycles. The maximum Gasteiger partial charge on any atom is 0.468 e. The number of nitrogens with zero attached hydrogens (tertiary/aromatic N) is 6. The first kappa shape index (κ1) is 20.4. The molecule has 0 atom stereocenters. The van der Waals surface area contributed by atoms with Gasteiger partial charge in [-0.1, -0.05) is 24.3 Å². The van der Waals surface area contributed by atoms with Crippen molar-refractivity contribution in [3.63, 3.8) is 0 Å². The normalized spacial score (nSPS) is 14.8. The van der Waals surface area contributed by atoms with Gasteiger partial charge in [-0.15, -0.1) is 0 Å². The molecule has 154 valence electrons. The first-order valence-corrected chi connectivity index (χ1v) is 9.18. The van der Waals surface area contributed by atoms with Gasteiger partial charge < -0.3 is 15.0 Å². The Bertz CT molecular complexity index is 948. The van der Waals surface area contributed by atoms with Crippen LogP contribution in [0, 0.1) is 34.1 Å². The Hall–Kier alpha value is -3.34. The third-order valence-electron chi connectivity index (χ3n) is 5.18. The molecule has 0 N–H and O–H groups in total. The van der Waals surface area contributed by atoms with E-state index in [4.69, 9.17) is 0 Å². The van der Waals surface area contributed by atoms with Gasteiger partial charge >= 0.3 is 11.5 Å². The highest BCUT2D eigenvalue weighted by Crippen LogP contribution is 2.29. The lowest BCUT2D eigenvalue weighted by molar-refractivity contribution is -0.424. The van der Waals surface area contributed by atoms with Gasteiger partial charge in [-0.3, -0.25) is 19.8 Å². The van der Waals surface area contributed by atoms with Crippen LogP contribution in [-0.2, 0) is 17.9 Å².